The van der Waals surface area contributed by atoms with Gasteiger partial charge in [0.2, 0.25) is 0 Å². The molecule has 0 saturated heterocycles. The Labute approximate surface area is 72.8 Å². The summed E-state index contributed by atoms with van der Waals surface area (Å²) in [6.07, 6.45) is 0. The van der Waals surface area contributed by atoms with E-state index in [2.05, 4.69) is 27.9 Å². The third-order valence-corrected chi connectivity index (χ3v) is 2.11. The Morgan fingerprint density at radius 2 is 2.20 bits per heavy atom. The summed E-state index contributed by atoms with van der Waals surface area (Å²) in [6.45, 7) is 0. The van der Waals surface area contributed by atoms with Gasteiger partial charge >= 0.3 is 0 Å². The molecule has 0 heterocycles. The summed E-state index contributed by atoms with van der Waals surface area (Å²) < 4.78 is 13.7. The maximum atomic E-state index is 12.8. The minimum absolute atomic E-state index is 0.200. The molecule has 3 heteroatoms. The molecule has 1 nitrogen and oxygen atoms in total. The number of nitrogens with one attached hydrogen (secondary N) is 1. The number of hydrogen-bond acceptors (Lipinski definition) is 1. The van der Waals surface area contributed by atoms with Crippen molar-refractivity contribution in [2.75, 3.05) is 12.4 Å². The van der Waals surface area contributed by atoms with Gasteiger partial charge in [-0.2, -0.15) is 0 Å². The van der Waals surface area contributed by atoms with Gasteiger partial charge in [-0.25, -0.2) is 4.39 Å². The monoisotopic (exact) mass is 251 g/mol. The smallest absolute Gasteiger partial charge is 0.147 e. The second-order valence-electron chi connectivity index (χ2n) is 1.85. The van der Waals surface area contributed by atoms with Crippen LogP contribution in [0.5, 0.6) is 0 Å². The van der Waals surface area contributed by atoms with Crippen LogP contribution in [0.1, 0.15) is 0 Å². The minimum atomic E-state index is -0.200. The Kier molecular flexibility index (Phi) is 2.48. The Bertz CT molecular complexity index is 217. The summed E-state index contributed by atoms with van der Waals surface area (Å²) >= 11 is 2.08. The molecule has 0 saturated carbocycles. The maximum Gasteiger partial charge on any atom is 0.147 e. The van der Waals surface area contributed by atoms with E-state index in [1.54, 1.807) is 13.1 Å². The molecule has 0 spiro atoms. The van der Waals surface area contributed by atoms with Crippen molar-refractivity contribution in [3.63, 3.8) is 0 Å². The average Bonchev–Trinajstić information content (AvgIpc) is 1.88. The SMILES string of the molecule is CNc1c(F)cccc1I. The highest BCUT2D eigenvalue weighted by atomic mass is 127. The van der Waals surface area contributed by atoms with Gasteiger partial charge in [-0.3, -0.25) is 0 Å². The van der Waals surface area contributed by atoms with Gasteiger partial charge in [0.1, 0.15) is 5.82 Å². The topological polar surface area (TPSA) is 12.0 Å². The average molecular weight is 251 g/mol. The molecule has 1 rings (SSSR count). The predicted octanol–water partition coefficient (Wildman–Crippen LogP) is 2.47. The van der Waals surface area contributed by atoms with Crippen LogP contribution in [-0.4, -0.2) is 7.05 Å². The highest BCUT2D eigenvalue weighted by Gasteiger charge is 2.01. The molecule has 1 aromatic carbocycles. The van der Waals surface area contributed by atoms with Gasteiger partial charge in [-0.1, -0.05) is 6.07 Å². The van der Waals surface area contributed by atoms with Gasteiger partial charge in [-0.05, 0) is 34.7 Å². The number of hydrogen-bond donors (Lipinski definition) is 1. The Morgan fingerprint density at radius 3 is 2.60 bits per heavy atom. The molecular weight excluding hydrogens is 244 g/mol. The molecule has 0 amide bonds. The molecule has 0 aliphatic rings. The number of rotatable bonds is 1. The molecule has 0 radical (unpaired) electrons. The standard InChI is InChI=1S/C7H7FIN/c1-10-7-5(8)3-2-4-6(7)9/h2-4,10H,1H3. The highest BCUT2D eigenvalue weighted by Crippen LogP contribution is 2.20. The molecule has 0 bridgehead atoms. The lowest BCUT2D eigenvalue weighted by Gasteiger charge is -2.02. The number of halogens is 2. The lowest BCUT2D eigenvalue weighted by Crippen LogP contribution is -1.94. The van der Waals surface area contributed by atoms with E-state index < -0.39 is 0 Å². The largest absolute Gasteiger partial charge is 0.385 e. The molecule has 1 N–H and O–H groups in total. The summed E-state index contributed by atoms with van der Waals surface area (Å²) in [5, 5.41) is 2.78. The van der Waals surface area contributed by atoms with Crippen molar-refractivity contribution in [2.45, 2.75) is 0 Å². The van der Waals surface area contributed by atoms with Gasteiger partial charge in [0, 0.05) is 10.6 Å². The summed E-state index contributed by atoms with van der Waals surface area (Å²) in [7, 11) is 1.71. The first-order valence-corrected chi connectivity index (χ1v) is 3.95. The first-order chi connectivity index (χ1) is 4.75. The van der Waals surface area contributed by atoms with Crippen LogP contribution in [0.3, 0.4) is 0 Å². The van der Waals surface area contributed by atoms with E-state index in [1.165, 1.54) is 6.07 Å². The molecule has 0 unspecified atom stereocenters. The zero-order valence-electron chi connectivity index (χ0n) is 5.49. The molecule has 1 aromatic rings. The zero-order chi connectivity index (χ0) is 7.56. The first kappa shape index (κ1) is 7.78. The molecule has 54 valence electrons. The van der Waals surface area contributed by atoms with Crippen molar-refractivity contribution in [1.29, 1.82) is 0 Å². The molecular formula is C7H7FIN. The predicted molar refractivity (Wildman–Crippen MR) is 48.7 cm³/mol. The number of para-hydroxylation sites is 1. The van der Waals surface area contributed by atoms with Crippen LogP contribution < -0.4 is 5.32 Å². The molecule has 10 heavy (non-hydrogen) atoms. The van der Waals surface area contributed by atoms with Crippen molar-refractivity contribution in [2.24, 2.45) is 0 Å². The van der Waals surface area contributed by atoms with Crippen molar-refractivity contribution >= 4 is 28.3 Å². The summed E-state index contributed by atoms with van der Waals surface area (Å²) in [6, 6.07) is 4.99. The van der Waals surface area contributed by atoms with Crippen LogP contribution in [0.15, 0.2) is 18.2 Å². The quantitative estimate of drug-likeness (QED) is 0.756. The van der Waals surface area contributed by atoms with Crippen LogP contribution in [0, 0.1) is 9.39 Å². The van der Waals surface area contributed by atoms with E-state index >= 15 is 0 Å². The van der Waals surface area contributed by atoms with E-state index in [4.69, 9.17) is 0 Å². The highest BCUT2D eigenvalue weighted by molar-refractivity contribution is 14.1. The van der Waals surface area contributed by atoms with Crippen molar-refractivity contribution in [3.8, 4) is 0 Å². The third-order valence-electron chi connectivity index (χ3n) is 1.21. The van der Waals surface area contributed by atoms with E-state index in [0.717, 1.165) is 3.57 Å². The van der Waals surface area contributed by atoms with Crippen LogP contribution >= 0.6 is 22.6 Å². The maximum absolute atomic E-state index is 12.8. The molecule has 0 fully saturated rings. The molecule has 0 aliphatic heterocycles. The van der Waals surface area contributed by atoms with Crippen LogP contribution in [0.4, 0.5) is 10.1 Å². The van der Waals surface area contributed by atoms with Gasteiger partial charge in [-0.15, -0.1) is 0 Å². The number of benzene rings is 1. The number of anilines is 1. The Morgan fingerprint density at radius 1 is 1.50 bits per heavy atom. The van der Waals surface area contributed by atoms with E-state index in [1.807, 2.05) is 6.07 Å². The fraction of sp³-hybridized carbons (Fsp3) is 0.143. The van der Waals surface area contributed by atoms with Crippen molar-refractivity contribution in [1.82, 2.24) is 0 Å². The molecule has 0 atom stereocenters. The fourth-order valence-corrected chi connectivity index (χ4v) is 1.47. The Hall–Kier alpha value is -0.320. The first-order valence-electron chi connectivity index (χ1n) is 2.87. The van der Waals surface area contributed by atoms with Gasteiger partial charge in [0.25, 0.3) is 0 Å². The van der Waals surface area contributed by atoms with Gasteiger partial charge in [0.15, 0.2) is 0 Å². The summed E-state index contributed by atoms with van der Waals surface area (Å²) in [5.41, 5.74) is 0.572. The lowest BCUT2D eigenvalue weighted by molar-refractivity contribution is 0.630. The minimum Gasteiger partial charge on any atom is -0.385 e. The summed E-state index contributed by atoms with van der Waals surface area (Å²) in [4.78, 5) is 0. The lowest BCUT2D eigenvalue weighted by atomic mass is 10.3. The van der Waals surface area contributed by atoms with E-state index in [0.29, 0.717) is 5.69 Å². The zero-order valence-corrected chi connectivity index (χ0v) is 7.65. The second-order valence-corrected chi connectivity index (χ2v) is 3.01. The van der Waals surface area contributed by atoms with Crippen LogP contribution in [0.2, 0.25) is 0 Å². The normalized spacial score (nSPS) is 9.50. The van der Waals surface area contributed by atoms with Crippen LogP contribution in [-0.2, 0) is 0 Å². The Balaban J connectivity index is 3.17. The van der Waals surface area contributed by atoms with E-state index in [9.17, 15) is 4.39 Å². The van der Waals surface area contributed by atoms with Gasteiger partial charge < -0.3 is 5.32 Å². The van der Waals surface area contributed by atoms with Crippen molar-refractivity contribution in [3.05, 3.63) is 27.6 Å². The molecule has 0 aromatic heterocycles. The van der Waals surface area contributed by atoms with Crippen molar-refractivity contribution < 1.29 is 4.39 Å². The van der Waals surface area contributed by atoms with Gasteiger partial charge in [0.05, 0.1) is 5.69 Å². The van der Waals surface area contributed by atoms with Crippen LogP contribution in [0.25, 0.3) is 0 Å². The fourth-order valence-electron chi connectivity index (χ4n) is 0.737. The second kappa shape index (κ2) is 3.18. The molecule has 0 aliphatic carbocycles. The van der Waals surface area contributed by atoms with E-state index in [-0.39, 0.29) is 5.82 Å². The third kappa shape index (κ3) is 1.39. The summed E-state index contributed by atoms with van der Waals surface area (Å²) in [5.74, 6) is -0.200.